The van der Waals surface area contributed by atoms with Gasteiger partial charge in [0.25, 0.3) is 31.3 Å². The first-order chi connectivity index (χ1) is 28.5. The van der Waals surface area contributed by atoms with E-state index >= 15 is 0 Å². The Morgan fingerprint density at radius 2 is 1.20 bits per heavy atom. The van der Waals surface area contributed by atoms with E-state index in [1.165, 1.54) is 18.0 Å². The number of hydrogen-bond donors (Lipinski definition) is 7. The maximum atomic E-state index is 11.6. The molecule has 368 valence electrons. The summed E-state index contributed by atoms with van der Waals surface area (Å²) in [5.74, 6) is -0.288. The number of carbonyl (C=O) groups is 1. The van der Waals surface area contributed by atoms with Crippen molar-refractivity contribution in [2.24, 2.45) is 15.7 Å². The molecule has 0 radical (unpaired) electrons. The molecular weight excluding hydrogens is 1000 g/mol. The van der Waals surface area contributed by atoms with E-state index in [1.54, 1.807) is 6.92 Å². The molecule has 64 heavy (non-hydrogen) atoms. The number of aliphatic hydroxyl groups excluding tert-OH is 4. The zero-order chi connectivity index (χ0) is 48.3. The number of carbonyl (C=O) groups excluding carboxylic acids is 1. The first-order valence-electron chi connectivity index (χ1n) is 16.5. The Balaban J connectivity index is 0.000000434. The second kappa shape index (κ2) is 22.2. The summed E-state index contributed by atoms with van der Waals surface area (Å²) in [6, 6.07) is 0. The molecule has 4 rings (SSSR count). The first-order valence-corrected chi connectivity index (χ1v) is 25.3. The summed E-state index contributed by atoms with van der Waals surface area (Å²) in [5, 5.41) is 45.6. The molecule has 0 aromatic carbocycles. The van der Waals surface area contributed by atoms with Crippen molar-refractivity contribution in [2.45, 2.75) is 70.1 Å². The molecule has 4 heterocycles. The Labute approximate surface area is 361 Å². The molecule has 1 amide bonds. The van der Waals surface area contributed by atoms with Gasteiger partial charge in [-0.25, -0.2) is 18.6 Å². The maximum absolute atomic E-state index is 11.6. The number of aliphatic hydroxyl groups is 4. The lowest BCUT2D eigenvalue weighted by Crippen LogP contribution is -2.43. The maximum Gasteiger partial charge on any atom is 0.278 e. The van der Waals surface area contributed by atoms with E-state index in [0.717, 1.165) is 6.20 Å². The molecule has 0 saturated carbocycles. The third kappa shape index (κ3) is 17.4. The summed E-state index contributed by atoms with van der Waals surface area (Å²) in [6.45, 7) is 8.56. The first kappa shape index (κ1) is 57.9. The second-order valence-corrected chi connectivity index (χ2v) is 20.9. The number of phosphoric acid groups is 6. The van der Waals surface area contributed by atoms with Gasteiger partial charge < -0.3 is 103 Å². The number of nitrogens with one attached hydrogen (secondary N) is 2. The van der Waals surface area contributed by atoms with Crippen LogP contribution in [-0.2, 0) is 67.9 Å². The highest BCUT2D eigenvalue weighted by Gasteiger charge is 2.47. The molecule has 4 aliphatic rings. The zero-order valence-electron chi connectivity index (χ0n) is 31.6. The lowest BCUT2D eigenvalue weighted by molar-refractivity contribution is -0.342. The van der Waals surface area contributed by atoms with Crippen molar-refractivity contribution < 1.29 is 128 Å². The van der Waals surface area contributed by atoms with E-state index < -0.39 is 115 Å². The van der Waals surface area contributed by atoms with Crippen molar-refractivity contribution in [3.05, 3.63) is 48.1 Å². The summed E-state index contributed by atoms with van der Waals surface area (Å²) >= 11 is 0. The van der Waals surface area contributed by atoms with Crippen LogP contribution < -0.4 is 55.5 Å². The lowest BCUT2D eigenvalue weighted by Gasteiger charge is -2.37. The van der Waals surface area contributed by atoms with Crippen LogP contribution in [0.3, 0.4) is 0 Å². The molecule has 8 N–H and O–H groups in total. The molecule has 12 unspecified atom stereocenters. The molecule has 0 spiro atoms. The summed E-state index contributed by atoms with van der Waals surface area (Å²) in [4.78, 5) is 107. The highest BCUT2D eigenvalue weighted by atomic mass is 31.3. The van der Waals surface area contributed by atoms with Crippen LogP contribution >= 0.6 is 46.9 Å². The highest BCUT2D eigenvalue weighted by molar-refractivity contribution is 7.65. The third-order valence-electron chi connectivity index (χ3n) is 7.69. The number of nitrogens with zero attached hydrogens (tertiary/aromatic N) is 3. The SMILES string of the molecule is C.C=C1N=C(N)N(CC)C=C1C1OC(COP(=O)([O-])OP(=O)([O-])OP(=O)([O-])[O-])C(O)C1O.C=C1NC(NC(C)=O)=NC=C1C1OC(COP(=O)([O-])OP(=O)([O-])OP(=O)([O-])[O-])C(O)C1O. The fourth-order valence-electron chi connectivity index (χ4n) is 5.18. The third-order valence-corrected chi connectivity index (χ3v) is 15.0. The van der Waals surface area contributed by atoms with Crippen LogP contribution in [0.5, 0.6) is 0 Å². The number of amides is 1. The summed E-state index contributed by atoms with van der Waals surface area (Å²) in [5.41, 5.74) is 6.29. The minimum atomic E-state index is -6.15. The zero-order valence-corrected chi connectivity index (χ0v) is 37.0. The van der Waals surface area contributed by atoms with E-state index in [1.807, 2.05) is 0 Å². The summed E-state index contributed by atoms with van der Waals surface area (Å²) < 4.78 is 98.1. The van der Waals surface area contributed by atoms with Crippen LogP contribution in [-0.4, -0.2) is 112 Å². The van der Waals surface area contributed by atoms with E-state index in [0.29, 0.717) is 6.54 Å². The van der Waals surface area contributed by atoms with Gasteiger partial charge in [-0.3, -0.25) is 37.0 Å². The predicted octanol–water partition coefficient (Wildman–Crippen LogP) is -7.24. The average molecular weight is 1040 g/mol. The molecule has 0 aromatic rings. The number of aliphatic imine (C=N–C) groups is 2. The molecule has 2 fully saturated rings. The van der Waals surface area contributed by atoms with Crippen molar-refractivity contribution >= 4 is 64.8 Å². The highest BCUT2D eigenvalue weighted by Crippen LogP contribution is 2.61. The van der Waals surface area contributed by atoms with E-state index in [-0.39, 0.29) is 41.9 Å². The number of rotatable bonds is 17. The van der Waals surface area contributed by atoms with Crippen LogP contribution in [0.15, 0.2) is 58.1 Å². The van der Waals surface area contributed by atoms with Crippen LogP contribution in [0.1, 0.15) is 21.3 Å². The minimum absolute atomic E-state index is 0. The standard InChI is InChI=1S/C12H20N3O14P3.C12H22N3O13P3.CH4/c1-5-7(3-13-12(14-5)15-6(2)16)11-10(18)9(17)8(27-11)4-26-31(22,23)29-32(24,25)28-30(19,20)21;1-3-15-4-7(6(2)14-12(15)13)11-10(17)9(16)8(26-11)5-25-30(21,22)28-31(23,24)27-29(18,19)20;/h3,8-11,17-18H,1,4H2,2H3,(H,22,23)(H,24,25)(H2,19,20,21)(H2,13,14,15,16);4,8-11,16-17H,2-3,5H2,1H3,(H2,13,14)(H,21,22)(H,23,24)(H2,18,19,20);1H4/p-8. The van der Waals surface area contributed by atoms with Gasteiger partial charge in [-0.2, -0.15) is 0 Å². The van der Waals surface area contributed by atoms with Crippen molar-refractivity contribution in [1.82, 2.24) is 15.5 Å². The molecule has 12 atom stereocenters. The van der Waals surface area contributed by atoms with Gasteiger partial charge in [-0.05, 0) is 6.92 Å². The fraction of sp³-hybridized carbons (Fsp3) is 0.560. The molecule has 2 saturated heterocycles. The number of ether oxygens (including phenoxy) is 2. The number of hydrogen-bond acceptors (Lipinski definition) is 32. The normalized spacial score (nSPS) is 30.0. The fourth-order valence-corrected chi connectivity index (χ4v) is 10.9. The topological polar surface area (TPSA) is 537 Å². The van der Waals surface area contributed by atoms with Crippen LogP contribution in [0, 0.1) is 0 Å². The monoisotopic (exact) mass is 1040 g/mol. The Kier molecular flexibility index (Phi) is 20.1. The Bertz CT molecular complexity index is 2190. The Hall–Kier alpha value is -2.25. The van der Waals surface area contributed by atoms with E-state index in [9.17, 15) is 91.8 Å². The Morgan fingerprint density at radius 3 is 1.58 bits per heavy atom. The van der Waals surface area contributed by atoms with Gasteiger partial charge in [-0.1, -0.05) is 20.6 Å². The largest absolute Gasteiger partial charge is 0.790 e. The van der Waals surface area contributed by atoms with Gasteiger partial charge in [0.2, 0.25) is 17.8 Å². The van der Waals surface area contributed by atoms with Crippen LogP contribution in [0.4, 0.5) is 0 Å². The predicted molar refractivity (Wildman–Crippen MR) is 193 cm³/mol. The van der Waals surface area contributed by atoms with Crippen molar-refractivity contribution in [2.75, 3.05) is 19.8 Å². The van der Waals surface area contributed by atoms with Gasteiger partial charge in [0, 0.05) is 42.7 Å². The molecular formula is C25H38N6O27P6-8. The van der Waals surface area contributed by atoms with E-state index in [2.05, 4.69) is 60.1 Å². The number of nitrogens with two attached hydrogens (primary N) is 1. The average Bonchev–Trinajstić information content (AvgIpc) is 3.52. The van der Waals surface area contributed by atoms with Crippen LogP contribution in [0.2, 0.25) is 0 Å². The molecule has 0 bridgehead atoms. The molecule has 0 aliphatic carbocycles. The lowest BCUT2D eigenvalue weighted by atomic mass is 10.00. The van der Waals surface area contributed by atoms with Crippen molar-refractivity contribution in [3.63, 3.8) is 0 Å². The number of guanidine groups is 2. The van der Waals surface area contributed by atoms with Gasteiger partial charge in [-0.15, -0.1) is 0 Å². The Morgan fingerprint density at radius 1 is 0.781 bits per heavy atom. The van der Waals surface area contributed by atoms with Gasteiger partial charge >= 0.3 is 0 Å². The molecule has 39 heteroatoms. The number of phosphoric ester groups is 2. The van der Waals surface area contributed by atoms with E-state index in [4.69, 9.17) is 15.2 Å². The second-order valence-electron chi connectivity index (χ2n) is 12.4. The summed E-state index contributed by atoms with van der Waals surface area (Å²) in [7, 11) is -36.1. The van der Waals surface area contributed by atoms with Crippen LogP contribution in [0.25, 0.3) is 0 Å². The van der Waals surface area contributed by atoms with Crippen molar-refractivity contribution in [1.29, 1.82) is 0 Å². The van der Waals surface area contributed by atoms with Gasteiger partial charge in [0.05, 0.1) is 34.6 Å². The minimum Gasteiger partial charge on any atom is -0.790 e. The molecule has 33 nitrogen and oxygen atoms in total. The molecule has 0 aromatic heterocycles. The smallest absolute Gasteiger partial charge is 0.278 e. The van der Waals surface area contributed by atoms with Crippen molar-refractivity contribution in [3.8, 4) is 0 Å². The summed E-state index contributed by atoms with van der Waals surface area (Å²) in [6.07, 6.45) is -9.62. The van der Waals surface area contributed by atoms with Gasteiger partial charge in [0.1, 0.15) is 48.8 Å². The molecule has 4 aliphatic heterocycles. The van der Waals surface area contributed by atoms with Gasteiger partial charge in [0.15, 0.2) is 0 Å². The quantitative estimate of drug-likeness (QED) is 0.0666.